The summed E-state index contributed by atoms with van der Waals surface area (Å²) in [4.78, 5) is 16.4. The quantitative estimate of drug-likeness (QED) is 0.871. The van der Waals surface area contributed by atoms with Crippen molar-refractivity contribution in [1.82, 2.24) is 10.2 Å². The summed E-state index contributed by atoms with van der Waals surface area (Å²) < 4.78 is 0. The smallest absolute Gasteiger partial charge is 0.256 e. The summed E-state index contributed by atoms with van der Waals surface area (Å²) in [5.74, 6) is 0.0196. The van der Waals surface area contributed by atoms with E-state index in [2.05, 4.69) is 22.5 Å². The van der Waals surface area contributed by atoms with E-state index in [0.717, 1.165) is 42.2 Å². The van der Waals surface area contributed by atoms with E-state index in [1.54, 1.807) is 11.3 Å². The fourth-order valence-electron chi connectivity index (χ4n) is 3.29. The van der Waals surface area contributed by atoms with Crippen molar-refractivity contribution in [3.63, 3.8) is 0 Å². The van der Waals surface area contributed by atoms with Crippen LogP contribution < -0.4 is 10.6 Å². The highest BCUT2D eigenvalue weighted by Gasteiger charge is 2.33. The Morgan fingerprint density at radius 3 is 3.04 bits per heavy atom. The SMILES string of the molecule is CCN1CCc2c(sc3c2C(=O)N[C@@H](c2cccc(Cl)c2)N3)C1. The third-order valence-electron chi connectivity index (χ3n) is 4.54. The van der Waals surface area contributed by atoms with Gasteiger partial charge in [0.1, 0.15) is 11.2 Å². The minimum absolute atomic E-state index is 0.0196. The van der Waals surface area contributed by atoms with E-state index >= 15 is 0 Å². The molecule has 120 valence electrons. The molecule has 1 amide bonds. The van der Waals surface area contributed by atoms with Gasteiger partial charge in [-0.15, -0.1) is 11.3 Å². The fraction of sp³-hybridized carbons (Fsp3) is 0.353. The van der Waals surface area contributed by atoms with E-state index < -0.39 is 0 Å². The summed E-state index contributed by atoms with van der Waals surface area (Å²) in [6.45, 7) is 5.20. The Balaban J connectivity index is 1.68. The van der Waals surface area contributed by atoms with Crippen LogP contribution in [0.4, 0.5) is 5.00 Å². The average molecular weight is 348 g/mol. The van der Waals surface area contributed by atoms with Crippen LogP contribution in [0.25, 0.3) is 0 Å². The van der Waals surface area contributed by atoms with Crippen LogP contribution in [0, 0.1) is 0 Å². The molecule has 0 aliphatic carbocycles. The molecule has 0 bridgehead atoms. The van der Waals surface area contributed by atoms with Crippen LogP contribution in [-0.4, -0.2) is 23.9 Å². The van der Waals surface area contributed by atoms with Crippen molar-refractivity contribution in [1.29, 1.82) is 0 Å². The predicted octanol–water partition coefficient (Wildman–Crippen LogP) is 3.63. The molecule has 0 fully saturated rings. The number of hydrogen-bond acceptors (Lipinski definition) is 4. The summed E-state index contributed by atoms with van der Waals surface area (Å²) in [5, 5.41) is 8.19. The third kappa shape index (κ3) is 2.63. The Morgan fingerprint density at radius 1 is 1.39 bits per heavy atom. The van der Waals surface area contributed by atoms with Gasteiger partial charge in [-0.2, -0.15) is 0 Å². The summed E-state index contributed by atoms with van der Waals surface area (Å²) in [6, 6.07) is 7.60. The fourth-order valence-corrected chi connectivity index (χ4v) is 4.81. The first-order valence-corrected chi connectivity index (χ1v) is 9.05. The van der Waals surface area contributed by atoms with Crippen LogP contribution in [0.1, 0.15) is 39.5 Å². The number of nitrogens with zero attached hydrogens (tertiary/aromatic N) is 1. The number of hydrogen-bond donors (Lipinski definition) is 2. The highest BCUT2D eigenvalue weighted by atomic mass is 35.5. The molecule has 2 aromatic rings. The van der Waals surface area contributed by atoms with Crippen LogP contribution in [-0.2, 0) is 13.0 Å². The van der Waals surface area contributed by atoms with Crippen LogP contribution in [0.2, 0.25) is 5.02 Å². The molecule has 1 aromatic carbocycles. The summed E-state index contributed by atoms with van der Waals surface area (Å²) in [6.07, 6.45) is 0.724. The first kappa shape index (κ1) is 15.0. The third-order valence-corrected chi connectivity index (χ3v) is 5.93. The number of thiophene rings is 1. The second-order valence-electron chi connectivity index (χ2n) is 5.93. The zero-order chi connectivity index (χ0) is 16.0. The van der Waals surface area contributed by atoms with Crippen LogP contribution in [0.15, 0.2) is 24.3 Å². The number of anilines is 1. The molecule has 1 aromatic heterocycles. The molecule has 3 heterocycles. The van der Waals surface area contributed by atoms with Crippen LogP contribution >= 0.6 is 22.9 Å². The Labute approximate surface area is 144 Å². The molecule has 1 atom stereocenters. The molecule has 0 saturated carbocycles. The average Bonchev–Trinajstić information content (AvgIpc) is 2.92. The lowest BCUT2D eigenvalue weighted by atomic mass is 10.0. The molecule has 23 heavy (non-hydrogen) atoms. The Hall–Kier alpha value is -1.56. The van der Waals surface area contributed by atoms with Crippen molar-refractivity contribution < 1.29 is 4.79 Å². The summed E-state index contributed by atoms with van der Waals surface area (Å²) >= 11 is 7.79. The molecule has 2 N–H and O–H groups in total. The topological polar surface area (TPSA) is 44.4 Å². The number of halogens is 1. The van der Waals surface area contributed by atoms with Crippen LogP contribution in [0.5, 0.6) is 0 Å². The molecule has 0 spiro atoms. The standard InChI is InChI=1S/C17H18ClN3OS/c1-2-21-7-6-12-13(9-21)23-17-14(12)16(22)19-15(20-17)10-4-3-5-11(18)8-10/h3-5,8,15,20H,2,6-7,9H2,1H3,(H,19,22)/t15-/m1/s1. The van der Waals surface area contributed by atoms with Gasteiger partial charge in [0.15, 0.2) is 0 Å². The number of amides is 1. The lowest BCUT2D eigenvalue weighted by molar-refractivity contribution is 0.0934. The number of rotatable bonds is 2. The van der Waals surface area contributed by atoms with Crippen molar-refractivity contribution in [2.45, 2.75) is 26.1 Å². The van der Waals surface area contributed by atoms with Crippen molar-refractivity contribution in [2.75, 3.05) is 18.4 Å². The minimum Gasteiger partial charge on any atom is -0.353 e. The van der Waals surface area contributed by atoms with Crippen molar-refractivity contribution in [2.24, 2.45) is 0 Å². The highest BCUT2D eigenvalue weighted by Crippen LogP contribution is 2.40. The van der Waals surface area contributed by atoms with Gasteiger partial charge in [0.05, 0.1) is 5.56 Å². The largest absolute Gasteiger partial charge is 0.353 e. The van der Waals surface area contributed by atoms with Gasteiger partial charge in [0, 0.05) is 23.0 Å². The van der Waals surface area contributed by atoms with Crippen LogP contribution in [0.3, 0.4) is 0 Å². The lowest BCUT2D eigenvalue weighted by Gasteiger charge is -2.28. The molecule has 4 rings (SSSR count). The zero-order valence-corrected chi connectivity index (χ0v) is 14.4. The Morgan fingerprint density at radius 2 is 2.26 bits per heavy atom. The number of carbonyl (C=O) groups excluding carboxylic acids is 1. The molecule has 0 radical (unpaired) electrons. The molecule has 0 saturated heterocycles. The van der Waals surface area contributed by atoms with Gasteiger partial charge < -0.3 is 10.6 Å². The van der Waals surface area contributed by atoms with E-state index in [1.165, 1.54) is 10.4 Å². The monoisotopic (exact) mass is 347 g/mol. The highest BCUT2D eigenvalue weighted by molar-refractivity contribution is 7.16. The molecule has 2 aliphatic rings. The molecule has 6 heteroatoms. The van der Waals surface area contributed by atoms with Gasteiger partial charge in [0.25, 0.3) is 5.91 Å². The number of benzene rings is 1. The summed E-state index contributed by atoms with van der Waals surface area (Å²) in [7, 11) is 0. The second kappa shape index (κ2) is 5.82. The molecule has 0 unspecified atom stereocenters. The van der Waals surface area contributed by atoms with E-state index in [4.69, 9.17) is 11.6 Å². The number of likely N-dealkylation sites (N-methyl/N-ethyl adjacent to an activating group) is 1. The lowest BCUT2D eigenvalue weighted by Crippen LogP contribution is -2.38. The Bertz CT molecular complexity index is 773. The molecule has 2 aliphatic heterocycles. The first-order chi connectivity index (χ1) is 11.2. The number of fused-ring (bicyclic) bond motifs is 3. The first-order valence-electron chi connectivity index (χ1n) is 7.85. The maximum atomic E-state index is 12.6. The van der Waals surface area contributed by atoms with Gasteiger partial charge in [0.2, 0.25) is 0 Å². The second-order valence-corrected chi connectivity index (χ2v) is 7.47. The zero-order valence-electron chi connectivity index (χ0n) is 12.9. The van der Waals surface area contributed by atoms with Crippen molar-refractivity contribution in [3.8, 4) is 0 Å². The maximum Gasteiger partial charge on any atom is 0.256 e. The molecule has 4 nitrogen and oxygen atoms in total. The van der Waals surface area contributed by atoms with E-state index in [0.29, 0.717) is 5.02 Å². The van der Waals surface area contributed by atoms with Gasteiger partial charge in [-0.3, -0.25) is 9.69 Å². The van der Waals surface area contributed by atoms with Crippen molar-refractivity contribution >= 4 is 33.8 Å². The number of carbonyl (C=O) groups is 1. The number of nitrogens with one attached hydrogen (secondary N) is 2. The van der Waals surface area contributed by atoms with Gasteiger partial charge in [-0.25, -0.2) is 0 Å². The summed E-state index contributed by atoms with van der Waals surface area (Å²) in [5.41, 5.74) is 3.04. The molecular weight excluding hydrogens is 330 g/mol. The van der Waals surface area contributed by atoms with Gasteiger partial charge in [-0.1, -0.05) is 30.7 Å². The normalized spacial score (nSPS) is 20.4. The van der Waals surface area contributed by atoms with Gasteiger partial charge >= 0.3 is 0 Å². The molecular formula is C17H18ClN3OS. The van der Waals surface area contributed by atoms with Gasteiger partial charge in [-0.05, 0) is 36.2 Å². The van der Waals surface area contributed by atoms with E-state index in [-0.39, 0.29) is 12.1 Å². The van der Waals surface area contributed by atoms with Crippen molar-refractivity contribution in [3.05, 3.63) is 50.9 Å². The maximum absolute atomic E-state index is 12.6. The van der Waals surface area contributed by atoms with E-state index in [9.17, 15) is 4.79 Å². The van der Waals surface area contributed by atoms with E-state index in [1.807, 2.05) is 24.3 Å². The minimum atomic E-state index is -0.226. The predicted molar refractivity (Wildman–Crippen MR) is 94.3 cm³/mol. The Kier molecular flexibility index (Phi) is 3.79.